The average Bonchev–Trinajstić information content (AvgIpc) is 2.17. The predicted molar refractivity (Wildman–Crippen MR) is 63.9 cm³/mol. The highest BCUT2D eigenvalue weighted by Crippen LogP contribution is 2.39. The van der Waals surface area contributed by atoms with Crippen LogP contribution < -0.4 is 10.6 Å². The Morgan fingerprint density at radius 1 is 1.50 bits per heavy atom. The molecule has 0 radical (unpaired) electrons. The predicted octanol–water partition coefficient (Wildman–Crippen LogP) is 1.47. The van der Waals surface area contributed by atoms with Gasteiger partial charge in [0.25, 0.3) is 0 Å². The minimum Gasteiger partial charge on any atom is -0.315 e. The molecular formula is C11H22N2S. The first kappa shape index (κ1) is 10.8. The number of thioether (sulfide) groups is 1. The Morgan fingerprint density at radius 3 is 2.93 bits per heavy atom. The number of hydrogen-bond donors (Lipinski definition) is 2. The molecule has 0 aromatic rings. The summed E-state index contributed by atoms with van der Waals surface area (Å²) >= 11 is 2.08. The highest BCUT2D eigenvalue weighted by molar-refractivity contribution is 7.99. The van der Waals surface area contributed by atoms with Gasteiger partial charge in [-0.2, -0.15) is 11.8 Å². The van der Waals surface area contributed by atoms with Crippen molar-refractivity contribution in [2.24, 2.45) is 5.41 Å². The molecule has 82 valence electrons. The molecule has 0 aromatic carbocycles. The van der Waals surface area contributed by atoms with E-state index in [-0.39, 0.29) is 0 Å². The van der Waals surface area contributed by atoms with Crippen LogP contribution in [0.3, 0.4) is 0 Å². The van der Waals surface area contributed by atoms with Gasteiger partial charge < -0.3 is 10.6 Å². The monoisotopic (exact) mass is 214 g/mol. The molecule has 1 unspecified atom stereocenters. The zero-order valence-electron chi connectivity index (χ0n) is 9.14. The van der Waals surface area contributed by atoms with Gasteiger partial charge in [-0.05, 0) is 18.3 Å². The molecule has 0 bridgehead atoms. The third-order valence-electron chi connectivity index (χ3n) is 3.50. The van der Waals surface area contributed by atoms with E-state index in [4.69, 9.17) is 0 Å². The highest BCUT2D eigenvalue weighted by Gasteiger charge is 2.31. The molecule has 2 rings (SSSR count). The first-order valence-corrected chi connectivity index (χ1v) is 6.96. The van der Waals surface area contributed by atoms with Crippen molar-refractivity contribution in [3.05, 3.63) is 0 Å². The fraction of sp³-hybridized carbons (Fsp3) is 1.00. The van der Waals surface area contributed by atoms with Crippen LogP contribution in [0.5, 0.6) is 0 Å². The maximum absolute atomic E-state index is 3.62. The van der Waals surface area contributed by atoms with Gasteiger partial charge in [-0.3, -0.25) is 0 Å². The van der Waals surface area contributed by atoms with Crippen molar-refractivity contribution >= 4 is 11.8 Å². The van der Waals surface area contributed by atoms with Crippen LogP contribution >= 0.6 is 11.8 Å². The quantitative estimate of drug-likeness (QED) is 0.741. The van der Waals surface area contributed by atoms with Crippen molar-refractivity contribution in [1.82, 2.24) is 10.6 Å². The van der Waals surface area contributed by atoms with Crippen LogP contribution in [0, 0.1) is 5.41 Å². The van der Waals surface area contributed by atoms with Crippen molar-refractivity contribution < 1.29 is 0 Å². The topological polar surface area (TPSA) is 24.1 Å². The van der Waals surface area contributed by atoms with Crippen LogP contribution in [0.25, 0.3) is 0 Å². The highest BCUT2D eigenvalue weighted by atomic mass is 32.2. The van der Waals surface area contributed by atoms with E-state index in [0.717, 1.165) is 6.54 Å². The first-order valence-electron chi connectivity index (χ1n) is 5.80. The Hall–Kier alpha value is 0.270. The molecule has 2 aliphatic rings. The Balaban J connectivity index is 1.57. The molecule has 0 spiro atoms. The van der Waals surface area contributed by atoms with Crippen molar-refractivity contribution in [1.29, 1.82) is 0 Å². The smallest absolute Gasteiger partial charge is 0.0283 e. The second-order valence-electron chi connectivity index (χ2n) is 5.02. The summed E-state index contributed by atoms with van der Waals surface area (Å²) in [7, 11) is 0. The van der Waals surface area contributed by atoms with E-state index < -0.39 is 0 Å². The van der Waals surface area contributed by atoms with Crippen molar-refractivity contribution in [2.45, 2.75) is 32.2 Å². The maximum Gasteiger partial charge on any atom is 0.0283 e. The van der Waals surface area contributed by atoms with Gasteiger partial charge in [0, 0.05) is 37.2 Å². The molecule has 1 saturated heterocycles. The van der Waals surface area contributed by atoms with Gasteiger partial charge in [0.15, 0.2) is 0 Å². The average molecular weight is 214 g/mol. The maximum atomic E-state index is 3.62. The van der Waals surface area contributed by atoms with Gasteiger partial charge in [-0.15, -0.1) is 0 Å². The van der Waals surface area contributed by atoms with Crippen LogP contribution in [0.15, 0.2) is 0 Å². The van der Waals surface area contributed by atoms with E-state index in [1.54, 1.807) is 0 Å². The lowest BCUT2D eigenvalue weighted by Crippen LogP contribution is -2.47. The van der Waals surface area contributed by atoms with Gasteiger partial charge in [-0.25, -0.2) is 0 Å². The summed E-state index contributed by atoms with van der Waals surface area (Å²) in [5, 5.41) is 7.18. The molecule has 2 N–H and O–H groups in total. The van der Waals surface area contributed by atoms with Crippen LogP contribution in [-0.4, -0.2) is 37.2 Å². The Labute approximate surface area is 91.6 Å². The van der Waals surface area contributed by atoms with E-state index in [0.29, 0.717) is 11.5 Å². The van der Waals surface area contributed by atoms with Crippen LogP contribution in [0.4, 0.5) is 0 Å². The number of hydrogen-bond acceptors (Lipinski definition) is 3. The summed E-state index contributed by atoms with van der Waals surface area (Å²) in [5.74, 6) is 2.57. The molecule has 3 heteroatoms. The molecule has 1 aliphatic heterocycles. The summed E-state index contributed by atoms with van der Waals surface area (Å²) in [6.45, 7) is 5.97. The number of nitrogens with one attached hydrogen (secondary N) is 2. The fourth-order valence-electron chi connectivity index (χ4n) is 2.26. The van der Waals surface area contributed by atoms with E-state index in [1.807, 2.05) is 0 Å². The molecule has 0 aromatic heterocycles. The molecule has 14 heavy (non-hydrogen) atoms. The van der Waals surface area contributed by atoms with Crippen molar-refractivity contribution in [3.63, 3.8) is 0 Å². The standard InChI is InChI=1S/C11H22N2S/c1-11(3-2-4-11)9-12-7-10-8-14-6-5-13-10/h10,12-13H,2-9H2,1H3. The van der Waals surface area contributed by atoms with Crippen molar-refractivity contribution in [2.75, 3.05) is 31.1 Å². The normalized spacial score (nSPS) is 31.1. The second kappa shape index (κ2) is 4.86. The largest absolute Gasteiger partial charge is 0.315 e. The third-order valence-corrected chi connectivity index (χ3v) is 4.63. The summed E-state index contributed by atoms with van der Waals surface area (Å²) in [6, 6.07) is 0.706. The molecule has 1 saturated carbocycles. The minimum atomic E-state index is 0.627. The summed E-state index contributed by atoms with van der Waals surface area (Å²) in [4.78, 5) is 0. The van der Waals surface area contributed by atoms with Gasteiger partial charge in [0.05, 0.1) is 0 Å². The van der Waals surface area contributed by atoms with E-state index >= 15 is 0 Å². The Bertz CT molecular complexity index is 174. The van der Waals surface area contributed by atoms with E-state index in [1.165, 1.54) is 43.9 Å². The zero-order chi connectivity index (χ0) is 9.86. The second-order valence-corrected chi connectivity index (χ2v) is 6.17. The summed E-state index contributed by atoms with van der Waals surface area (Å²) < 4.78 is 0. The van der Waals surface area contributed by atoms with Crippen LogP contribution in [0.2, 0.25) is 0 Å². The molecule has 0 amide bonds. The number of rotatable bonds is 4. The van der Waals surface area contributed by atoms with Crippen LogP contribution in [-0.2, 0) is 0 Å². The summed E-state index contributed by atoms with van der Waals surface area (Å²) in [5.41, 5.74) is 0.627. The lowest BCUT2D eigenvalue weighted by molar-refractivity contribution is 0.156. The SMILES string of the molecule is CC1(CNCC2CSCCN2)CCC1. The zero-order valence-corrected chi connectivity index (χ0v) is 9.96. The molecule has 2 nitrogen and oxygen atoms in total. The van der Waals surface area contributed by atoms with Gasteiger partial charge >= 0.3 is 0 Å². The molecular weight excluding hydrogens is 192 g/mol. The lowest BCUT2D eigenvalue weighted by atomic mass is 9.70. The third kappa shape index (κ3) is 2.88. The molecule has 2 fully saturated rings. The molecule has 1 aliphatic carbocycles. The van der Waals surface area contributed by atoms with Gasteiger partial charge in [0.1, 0.15) is 0 Å². The van der Waals surface area contributed by atoms with Crippen molar-refractivity contribution in [3.8, 4) is 0 Å². The molecule has 1 atom stereocenters. The fourth-order valence-corrected chi connectivity index (χ4v) is 3.21. The minimum absolute atomic E-state index is 0.627. The first-order chi connectivity index (χ1) is 6.79. The lowest BCUT2D eigenvalue weighted by Gasteiger charge is -2.39. The van der Waals surface area contributed by atoms with Crippen LogP contribution in [0.1, 0.15) is 26.2 Å². The van der Waals surface area contributed by atoms with Gasteiger partial charge in [-0.1, -0.05) is 13.3 Å². The summed E-state index contributed by atoms with van der Waals surface area (Å²) in [6.07, 6.45) is 4.29. The Kier molecular flexibility index (Phi) is 3.74. The van der Waals surface area contributed by atoms with E-state index in [2.05, 4.69) is 29.3 Å². The van der Waals surface area contributed by atoms with E-state index in [9.17, 15) is 0 Å². The Morgan fingerprint density at radius 2 is 2.36 bits per heavy atom. The van der Waals surface area contributed by atoms with Gasteiger partial charge in [0.2, 0.25) is 0 Å². The molecule has 1 heterocycles.